The Morgan fingerprint density at radius 3 is 2.65 bits per heavy atom. The van der Waals surface area contributed by atoms with Crippen molar-refractivity contribution < 1.29 is 14.6 Å². The molecule has 0 aromatic heterocycles. The van der Waals surface area contributed by atoms with Gasteiger partial charge in [0.2, 0.25) is 0 Å². The Hall–Kier alpha value is -1.61. The monoisotopic (exact) mass is 234 g/mol. The van der Waals surface area contributed by atoms with Crippen LogP contribution >= 0.6 is 0 Å². The van der Waals surface area contributed by atoms with Gasteiger partial charge in [-0.2, -0.15) is 0 Å². The van der Waals surface area contributed by atoms with Crippen LogP contribution in [0.4, 0.5) is 0 Å². The molecule has 1 aliphatic rings. The number of esters is 1. The SMILES string of the molecule is C=C/C=C/C(/C=C/C=C/C)[C@@H]1C[C@@H](O)C(=O)O1. The summed E-state index contributed by atoms with van der Waals surface area (Å²) < 4.78 is 5.11. The smallest absolute Gasteiger partial charge is 0.335 e. The van der Waals surface area contributed by atoms with Gasteiger partial charge in [-0.25, -0.2) is 4.79 Å². The van der Waals surface area contributed by atoms with Gasteiger partial charge in [-0.15, -0.1) is 0 Å². The maximum atomic E-state index is 11.1. The second kappa shape index (κ2) is 6.86. The summed E-state index contributed by atoms with van der Waals surface area (Å²) >= 11 is 0. The molecule has 17 heavy (non-hydrogen) atoms. The van der Waals surface area contributed by atoms with E-state index in [9.17, 15) is 9.90 Å². The maximum absolute atomic E-state index is 11.1. The summed E-state index contributed by atoms with van der Waals surface area (Å²) in [6.07, 6.45) is 12.1. The predicted octanol–water partition coefficient (Wildman–Crippen LogP) is 2.15. The summed E-state index contributed by atoms with van der Waals surface area (Å²) in [5.41, 5.74) is 0. The standard InChI is InChI=1S/C14H18O3/c1-3-5-7-9-11(8-6-4-2)13-10-12(15)14(16)17-13/h3-9,11-13,15H,2,10H2,1H3/b5-3+,8-6+,9-7+/t11?,12-,13+/m1/s1. The highest BCUT2D eigenvalue weighted by Crippen LogP contribution is 2.24. The number of carbonyl (C=O) groups is 1. The third kappa shape index (κ3) is 4.04. The fourth-order valence-corrected chi connectivity index (χ4v) is 1.65. The van der Waals surface area contributed by atoms with Crippen molar-refractivity contribution in [3.8, 4) is 0 Å². The molecule has 0 saturated carbocycles. The van der Waals surface area contributed by atoms with E-state index in [2.05, 4.69) is 6.58 Å². The zero-order valence-electron chi connectivity index (χ0n) is 9.95. The fraction of sp³-hybridized carbons (Fsp3) is 0.357. The van der Waals surface area contributed by atoms with E-state index < -0.39 is 12.1 Å². The van der Waals surface area contributed by atoms with Crippen LogP contribution in [0.3, 0.4) is 0 Å². The zero-order valence-corrected chi connectivity index (χ0v) is 9.95. The van der Waals surface area contributed by atoms with Crippen LogP contribution in [-0.2, 0) is 9.53 Å². The molecule has 3 nitrogen and oxygen atoms in total. The number of aliphatic hydroxyl groups is 1. The first-order valence-corrected chi connectivity index (χ1v) is 5.66. The largest absolute Gasteiger partial charge is 0.459 e. The average molecular weight is 234 g/mol. The second-order valence-corrected chi connectivity index (χ2v) is 3.84. The third-order valence-corrected chi connectivity index (χ3v) is 2.53. The molecule has 1 saturated heterocycles. The topological polar surface area (TPSA) is 46.5 Å². The van der Waals surface area contributed by atoms with Gasteiger partial charge >= 0.3 is 5.97 Å². The molecule has 0 bridgehead atoms. The van der Waals surface area contributed by atoms with E-state index in [0.717, 1.165) is 0 Å². The molecule has 92 valence electrons. The zero-order chi connectivity index (χ0) is 12.7. The first-order chi connectivity index (χ1) is 8.19. The summed E-state index contributed by atoms with van der Waals surface area (Å²) in [6, 6.07) is 0. The molecule has 1 N–H and O–H groups in total. The molecule has 3 atom stereocenters. The van der Waals surface area contributed by atoms with Crippen molar-refractivity contribution in [2.24, 2.45) is 5.92 Å². The van der Waals surface area contributed by atoms with Crippen molar-refractivity contribution in [1.29, 1.82) is 0 Å². The van der Waals surface area contributed by atoms with Crippen LogP contribution in [0, 0.1) is 5.92 Å². The van der Waals surface area contributed by atoms with E-state index in [0.29, 0.717) is 6.42 Å². The molecule has 0 aromatic rings. The van der Waals surface area contributed by atoms with Gasteiger partial charge < -0.3 is 9.84 Å². The van der Waals surface area contributed by atoms with Crippen LogP contribution in [0.1, 0.15) is 13.3 Å². The minimum absolute atomic E-state index is 0.0368. The minimum atomic E-state index is -0.991. The summed E-state index contributed by atoms with van der Waals surface area (Å²) in [4.78, 5) is 11.1. The van der Waals surface area contributed by atoms with Gasteiger partial charge in [0.05, 0.1) is 0 Å². The van der Waals surface area contributed by atoms with Crippen molar-refractivity contribution in [3.63, 3.8) is 0 Å². The molecule has 0 aliphatic carbocycles. The van der Waals surface area contributed by atoms with Crippen molar-refractivity contribution >= 4 is 5.97 Å². The molecular weight excluding hydrogens is 216 g/mol. The van der Waals surface area contributed by atoms with E-state index in [1.807, 2.05) is 43.4 Å². The summed E-state index contributed by atoms with van der Waals surface area (Å²) in [6.45, 7) is 5.53. The number of aliphatic hydroxyl groups excluding tert-OH is 1. The third-order valence-electron chi connectivity index (χ3n) is 2.53. The Balaban J connectivity index is 2.72. The highest BCUT2D eigenvalue weighted by molar-refractivity contribution is 5.76. The van der Waals surface area contributed by atoms with E-state index >= 15 is 0 Å². The predicted molar refractivity (Wildman–Crippen MR) is 67.3 cm³/mol. The second-order valence-electron chi connectivity index (χ2n) is 3.84. The number of rotatable bonds is 5. The molecule has 3 heteroatoms. The highest BCUT2D eigenvalue weighted by atomic mass is 16.6. The molecule has 0 spiro atoms. The lowest BCUT2D eigenvalue weighted by Gasteiger charge is -2.14. The van der Waals surface area contributed by atoms with Gasteiger partial charge in [0, 0.05) is 12.3 Å². The summed E-state index contributed by atoms with van der Waals surface area (Å²) in [5.74, 6) is -0.572. The number of ether oxygens (including phenoxy) is 1. The Labute approximate surface area is 102 Å². The summed E-state index contributed by atoms with van der Waals surface area (Å²) in [5, 5.41) is 9.36. The molecule has 0 aromatic carbocycles. The molecule has 1 heterocycles. The Morgan fingerprint density at radius 2 is 2.12 bits per heavy atom. The van der Waals surface area contributed by atoms with Crippen LogP contribution in [-0.4, -0.2) is 23.3 Å². The van der Waals surface area contributed by atoms with Crippen LogP contribution in [0.15, 0.2) is 49.1 Å². The van der Waals surface area contributed by atoms with E-state index in [-0.39, 0.29) is 12.0 Å². The van der Waals surface area contributed by atoms with Crippen LogP contribution in [0.2, 0.25) is 0 Å². The molecule has 1 aliphatic heterocycles. The fourth-order valence-electron chi connectivity index (χ4n) is 1.65. The lowest BCUT2D eigenvalue weighted by Crippen LogP contribution is -2.16. The van der Waals surface area contributed by atoms with Gasteiger partial charge in [-0.3, -0.25) is 0 Å². The quantitative estimate of drug-likeness (QED) is 0.585. The number of hydrogen-bond donors (Lipinski definition) is 1. The maximum Gasteiger partial charge on any atom is 0.335 e. The van der Waals surface area contributed by atoms with E-state index in [4.69, 9.17) is 4.74 Å². The Morgan fingerprint density at radius 1 is 1.41 bits per heavy atom. The van der Waals surface area contributed by atoms with Gasteiger partial charge in [0.15, 0.2) is 6.10 Å². The van der Waals surface area contributed by atoms with Crippen molar-refractivity contribution in [2.45, 2.75) is 25.6 Å². The molecule has 1 fully saturated rings. The summed E-state index contributed by atoms with van der Waals surface area (Å²) in [7, 11) is 0. The van der Waals surface area contributed by atoms with Gasteiger partial charge in [0.25, 0.3) is 0 Å². The van der Waals surface area contributed by atoms with Crippen LogP contribution in [0.25, 0.3) is 0 Å². The molecule has 0 radical (unpaired) electrons. The van der Waals surface area contributed by atoms with Gasteiger partial charge in [-0.05, 0) is 6.92 Å². The Kier molecular flexibility index (Phi) is 5.43. The molecule has 1 unspecified atom stereocenters. The minimum Gasteiger partial charge on any atom is -0.459 e. The molecule has 1 rings (SSSR count). The van der Waals surface area contributed by atoms with E-state index in [1.165, 1.54) is 0 Å². The molecule has 0 amide bonds. The number of cyclic esters (lactones) is 1. The van der Waals surface area contributed by atoms with Crippen LogP contribution < -0.4 is 0 Å². The lowest BCUT2D eigenvalue weighted by atomic mass is 9.98. The van der Waals surface area contributed by atoms with Crippen molar-refractivity contribution in [2.75, 3.05) is 0 Å². The average Bonchev–Trinajstić information content (AvgIpc) is 2.64. The van der Waals surface area contributed by atoms with E-state index in [1.54, 1.807) is 6.08 Å². The Bertz CT molecular complexity index is 352. The number of hydrogen-bond acceptors (Lipinski definition) is 3. The first-order valence-electron chi connectivity index (χ1n) is 5.66. The van der Waals surface area contributed by atoms with Gasteiger partial charge in [-0.1, -0.05) is 49.1 Å². The number of carbonyl (C=O) groups excluding carboxylic acids is 1. The normalized spacial score (nSPS) is 27.1. The van der Waals surface area contributed by atoms with Crippen molar-refractivity contribution in [3.05, 3.63) is 49.1 Å². The van der Waals surface area contributed by atoms with Crippen LogP contribution in [0.5, 0.6) is 0 Å². The number of allylic oxidation sites excluding steroid dienone is 5. The lowest BCUT2D eigenvalue weighted by molar-refractivity contribution is -0.147. The van der Waals surface area contributed by atoms with Crippen molar-refractivity contribution in [1.82, 2.24) is 0 Å². The van der Waals surface area contributed by atoms with Gasteiger partial charge in [0.1, 0.15) is 6.10 Å². The molecular formula is C14H18O3. The first kappa shape index (κ1) is 13.5. The highest BCUT2D eigenvalue weighted by Gasteiger charge is 2.35.